The van der Waals surface area contributed by atoms with Gasteiger partial charge in [-0.1, -0.05) is 58.4 Å². The molecule has 0 aliphatic carbocycles. The van der Waals surface area contributed by atoms with Crippen molar-refractivity contribution in [3.8, 4) is 22.5 Å². The maximum absolute atomic E-state index is 13.3. The molecule has 0 radical (unpaired) electrons. The highest BCUT2D eigenvalue weighted by Crippen LogP contribution is 2.28. The van der Waals surface area contributed by atoms with Gasteiger partial charge in [0.2, 0.25) is 0 Å². The summed E-state index contributed by atoms with van der Waals surface area (Å²) < 4.78 is 7.62. The molecule has 1 aromatic heterocycles. The third-order valence-electron chi connectivity index (χ3n) is 4.89. The van der Waals surface area contributed by atoms with Crippen LogP contribution in [-0.2, 0) is 4.74 Å². The van der Waals surface area contributed by atoms with E-state index in [1.165, 1.54) is 4.68 Å². The van der Waals surface area contributed by atoms with Gasteiger partial charge < -0.3 is 4.74 Å². The third-order valence-corrected chi connectivity index (χ3v) is 5.42. The fourth-order valence-electron chi connectivity index (χ4n) is 3.35. The van der Waals surface area contributed by atoms with Gasteiger partial charge in [-0.2, -0.15) is 9.78 Å². The fraction of sp³-hybridized carbons (Fsp3) is 0.148. The first kappa shape index (κ1) is 23.4. The number of carbonyl (C=O) groups excluding carboxylic acids is 2. The lowest BCUT2D eigenvalue weighted by Crippen LogP contribution is -2.27. The van der Waals surface area contributed by atoms with Crippen LogP contribution in [0.15, 0.2) is 89.4 Å². The Morgan fingerprint density at radius 1 is 0.882 bits per heavy atom. The summed E-state index contributed by atoms with van der Waals surface area (Å²) in [4.78, 5) is 25.3. The van der Waals surface area contributed by atoms with E-state index in [1.807, 2.05) is 81.4 Å². The van der Waals surface area contributed by atoms with E-state index in [1.54, 1.807) is 24.3 Å². The van der Waals surface area contributed by atoms with Crippen molar-refractivity contribution in [1.29, 1.82) is 0 Å². The summed E-state index contributed by atoms with van der Waals surface area (Å²) in [7, 11) is 0. The highest BCUT2D eigenvalue weighted by Gasteiger charge is 2.19. The van der Waals surface area contributed by atoms with Gasteiger partial charge >= 0.3 is 6.09 Å². The van der Waals surface area contributed by atoms with Crippen LogP contribution >= 0.6 is 15.9 Å². The molecule has 34 heavy (non-hydrogen) atoms. The minimum absolute atomic E-state index is 0.221. The number of rotatable bonds is 4. The maximum atomic E-state index is 13.3. The molecule has 0 aliphatic rings. The molecule has 0 saturated heterocycles. The van der Waals surface area contributed by atoms with E-state index in [0.29, 0.717) is 22.6 Å². The lowest BCUT2D eigenvalue weighted by Gasteiger charge is -2.19. The molecule has 0 atom stereocenters. The zero-order chi connectivity index (χ0) is 24.3. The molecule has 0 bridgehead atoms. The summed E-state index contributed by atoms with van der Waals surface area (Å²) in [6.07, 6.45) is -0.518. The van der Waals surface area contributed by atoms with Crippen LogP contribution < -0.4 is 5.32 Å². The summed E-state index contributed by atoms with van der Waals surface area (Å²) in [5.74, 6) is -0.221. The molecule has 1 amide bonds. The Bertz CT molecular complexity index is 1310. The van der Waals surface area contributed by atoms with Crippen molar-refractivity contribution >= 4 is 33.6 Å². The van der Waals surface area contributed by atoms with Gasteiger partial charge in [0.15, 0.2) is 0 Å². The van der Waals surface area contributed by atoms with Gasteiger partial charge in [-0.25, -0.2) is 4.79 Å². The lowest BCUT2D eigenvalue weighted by atomic mass is 10.1. The number of aromatic nitrogens is 2. The minimum atomic E-state index is -0.577. The van der Waals surface area contributed by atoms with Gasteiger partial charge in [0.1, 0.15) is 5.60 Å². The predicted molar refractivity (Wildman–Crippen MR) is 137 cm³/mol. The molecular weight excluding hydrogens is 494 g/mol. The standard InChI is InChI=1S/C27H24BrN3O3/c1-27(2,3)34-26(33)29-22-15-11-18(12-16-22)23-17-24(19-7-5-4-6-8-19)31(30-23)25(32)20-9-13-21(28)14-10-20/h4-17H,1-3H3,(H,29,33). The number of benzene rings is 3. The van der Waals surface area contributed by atoms with Gasteiger partial charge in [0, 0.05) is 26.9 Å². The highest BCUT2D eigenvalue weighted by molar-refractivity contribution is 9.10. The molecule has 0 fully saturated rings. The first-order valence-electron chi connectivity index (χ1n) is 10.8. The van der Waals surface area contributed by atoms with Gasteiger partial charge in [-0.3, -0.25) is 10.1 Å². The number of hydrogen-bond acceptors (Lipinski definition) is 4. The Kier molecular flexibility index (Phi) is 6.65. The fourth-order valence-corrected chi connectivity index (χ4v) is 3.62. The molecule has 1 heterocycles. The van der Waals surface area contributed by atoms with Crippen LogP contribution in [0.2, 0.25) is 0 Å². The second-order valence-electron chi connectivity index (χ2n) is 8.71. The lowest BCUT2D eigenvalue weighted by molar-refractivity contribution is 0.0635. The second-order valence-corrected chi connectivity index (χ2v) is 9.62. The average Bonchev–Trinajstić information content (AvgIpc) is 3.24. The first-order valence-corrected chi connectivity index (χ1v) is 11.6. The van der Waals surface area contributed by atoms with Crippen LogP contribution in [0, 0.1) is 0 Å². The van der Waals surface area contributed by atoms with Gasteiger partial charge in [-0.15, -0.1) is 0 Å². The molecule has 172 valence electrons. The van der Waals surface area contributed by atoms with E-state index >= 15 is 0 Å². The maximum Gasteiger partial charge on any atom is 0.412 e. The zero-order valence-corrected chi connectivity index (χ0v) is 20.7. The van der Waals surface area contributed by atoms with E-state index in [2.05, 4.69) is 26.3 Å². The molecule has 4 rings (SSSR count). The van der Waals surface area contributed by atoms with Crippen LogP contribution in [-0.4, -0.2) is 27.4 Å². The molecular formula is C27H24BrN3O3. The number of anilines is 1. The Morgan fingerprint density at radius 2 is 1.53 bits per heavy atom. The summed E-state index contributed by atoms with van der Waals surface area (Å²) in [6, 6.07) is 26.0. The molecule has 7 heteroatoms. The summed E-state index contributed by atoms with van der Waals surface area (Å²) in [6.45, 7) is 5.43. The normalized spacial score (nSPS) is 11.2. The quantitative estimate of drug-likeness (QED) is 0.315. The van der Waals surface area contributed by atoms with Crippen molar-refractivity contribution in [3.63, 3.8) is 0 Å². The van der Waals surface area contributed by atoms with Gasteiger partial charge in [0.25, 0.3) is 5.91 Å². The molecule has 0 aliphatic heterocycles. The Hall–Kier alpha value is -3.71. The third kappa shape index (κ3) is 5.61. The number of halogens is 1. The number of amides is 1. The largest absolute Gasteiger partial charge is 0.444 e. The molecule has 3 aromatic carbocycles. The number of nitrogens with one attached hydrogen (secondary N) is 1. The van der Waals surface area contributed by atoms with Crippen molar-refractivity contribution in [2.24, 2.45) is 0 Å². The van der Waals surface area contributed by atoms with Crippen molar-refractivity contribution in [3.05, 3.63) is 95.0 Å². The number of carbonyl (C=O) groups is 2. The summed E-state index contributed by atoms with van der Waals surface area (Å²) in [5.41, 5.74) is 3.60. The first-order chi connectivity index (χ1) is 16.2. The van der Waals surface area contributed by atoms with E-state index in [0.717, 1.165) is 15.6 Å². The molecule has 6 nitrogen and oxygen atoms in total. The van der Waals surface area contributed by atoms with Crippen molar-refractivity contribution in [2.75, 3.05) is 5.32 Å². The van der Waals surface area contributed by atoms with Crippen LogP contribution in [0.1, 0.15) is 31.1 Å². The SMILES string of the molecule is CC(C)(C)OC(=O)Nc1ccc(-c2cc(-c3ccccc3)n(C(=O)c3ccc(Br)cc3)n2)cc1. The highest BCUT2D eigenvalue weighted by atomic mass is 79.9. The molecule has 1 N–H and O–H groups in total. The Morgan fingerprint density at radius 3 is 2.15 bits per heavy atom. The number of hydrogen-bond donors (Lipinski definition) is 1. The summed E-state index contributed by atoms with van der Waals surface area (Å²) in [5, 5.41) is 7.36. The average molecular weight is 518 g/mol. The molecule has 0 spiro atoms. The van der Waals surface area contributed by atoms with Crippen LogP contribution in [0.5, 0.6) is 0 Å². The minimum Gasteiger partial charge on any atom is -0.444 e. The van der Waals surface area contributed by atoms with E-state index in [4.69, 9.17) is 4.74 Å². The van der Waals surface area contributed by atoms with Crippen molar-refractivity contribution in [2.45, 2.75) is 26.4 Å². The van der Waals surface area contributed by atoms with Gasteiger partial charge in [0.05, 0.1) is 11.4 Å². The smallest absolute Gasteiger partial charge is 0.412 e. The Labute approximate surface area is 206 Å². The second kappa shape index (κ2) is 9.65. The van der Waals surface area contributed by atoms with Crippen LogP contribution in [0.3, 0.4) is 0 Å². The van der Waals surface area contributed by atoms with Gasteiger partial charge in [-0.05, 0) is 63.2 Å². The zero-order valence-electron chi connectivity index (χ0n) is 19.1. The monoisotopic (exact) mass is 517 g/mol. The Balaban J connectivity index is 1.66. The van der Waals surface area contributed by atoms with E-state index < -0.39 is 11.7 Å². The number of nitrogens with zero attached hydrogens (tertiary/aromatic N) is 2. The summed E-state index contributed by atoms with van der Waals surface area (Å²) >= 11 is 3.40. The predicted octanol–water partition coefficient (Wildman–Crippen LogP) is 7.02. The van der Waals surface area contributed by atoms with Crippen LogP contribution in [0.4, 0.5) is 10.5 Å². The number of ether oxygens (including phenoxy) is 1. The molecule has 0 saturated carbocycles. The van der Waals surface area contributed by atoms with Crippen molar-refractivity contribution < 1.29 is 14.3 Å². The van der Waals surface area contributed by atoms with Crippen LogP contribution in [0.25, 0.3) is 22.5 Å². The van der Waals surface area contributed by atoms with E-state index in [-0.39, 0.29) is 5.91 Å². The van der Waals surface area contributed by atoms with E-state index in [9.17, 15) is 9.59 Å². The molecule has 4 aromatic rings. The topological polar surface area (TPSA) is 73.2 Å². The van der Waals surface area contributed by atoms with Crippen molar-refractivity contribution in [1.82, 2.24) is 9.78 Å². The molecule has 0 unspecified atom stereocenters.